The summed E-state index contributed by atoms with van der Waals surface area (Å²) in [4.78, 5) is 24.7. The smallest absolute Gasteiger partial charge is 0.409 e. The summed E-state index contributed by atoms with van der Waals surface area (Å²) in [6, 6.07) is 12.0. The molecule has 4 aromatic rings. The number of hydrogen-bond acceptors (Lipinski definition) is 9. The predicted octanol–water partition coefficient (Wildman–Crippen LogP) is 6.54. The highest BCUT2D eigenvalue weighted by atomic mass is 32.1. The highest BCUT2D eigenvalue weighted by Gasteiger charge is 2.50. The number of aryl methyl sites for hydroxylation is 1. The van der Waals surface area contributed by atoms with E-state index < -0.39 is 0 Å². The van der Waals surface area contributed by atoms with E-state index in [4.69, 9.17) is 14.5 Å². The van der Waals surface area contributed by atoms with Crippen LogP contribution in [0.25, 0.3) is 31.3 Å². The van der Waals surface area contributed by atoms with Crippen LogP contribution in [0, 0.1) is 5.82 Å². The van der Waals surface area contributed by atoms with Gasteiger partial charge in [0, 0.05) is 71.9 Å². The summed E-state index contributed by atoms with van der Waals surface area (Å²) < 4.78 is 28.4. The molecule has 2 unspecified atom stereocenters. The maximum atomic E-state index is 15.1. The molecule has 8 rings (SSSR count). The van der Waals surface area contributed by atoms with Crippen molar-refractivity contribution in [2.75, 3.05) is 51.8 Å². The Morgan fingerprint density at radius 1 is 1.15 bits per heavy atom. The van der Waals surface area contributed by atoms with Crippen molar-refractivity contribution in [2.45, 2.75) is 75.5 Å². The molecular formula is C37H44FN5O4S. The molecule has 4 atom stereocenters. The summed E-state index contributed by atoms with van der Waals surface area (Å²) in [6.45, 7) is 5.64. The number of phenolic OH excluding ortho intramolecular Hbond substituents is 1. The summed E-state index contributed by atoms with van der Waals surface area (Å²) >= 11 is 1.64. The second-order valence-corrected chi connectivity index (χ2v) is 15.4. The van der Waals surface area contributed by atoms with E-state index in [0.717, 1.165) is 82.4 Å². The largest absolute Gasteiger partial charge is 0.508 e. The number of benzene rings is 2. The van der Waals surface area contributed by atoms with E-state index in [1.165, 1.54) is 23.8 Å². The molecule has 4 aliphatic heterocycles. The number of thiophene rings is 1. The maximum Gasteiger partial charge on any atom is 0.409 e. The average Bonchev–Trinajstić information content (AvgIpc) is 3.85. The third-order valence-corrected chi connectivity index (χ3v) is 12.2. The number of carbonyl (C=O) groups is 1. The Bertz CT molecular complexity index is 1870. The van der Waals surface area contributed by atoms with E-state index in [-0.39, 0.29) is 29.2 Å². The summed E-state index contributed by atoms with van der Waals surface area (Å²) in [7, 11) is 3.41. The third-order valence-electron chi connectivity index (χ3n) is 11.0. The zero-order valence-electron chi connectivity index (χ0n) is 27.9. The molecule has 4 fully saturated rings. The number of amides is 1. The number of aromatic hydroxyl groups is 1. The minimum absolute atomic E-state index is 0.0954. The molecule has 2 aromatic carbocycles. The molecule has 0 aliphatic carbocycles. The number of ether oxygens (including phenoxy) is 2. The molecule has 0 radical (unpaired) electrons. The average molecular weight is 674 g/mol. The first-order valence-corrected chi connectivity index (χ1v) is 18.2. The number of pyridine rings is 1. The lowest BCUT2D eigenvalue weighted by Crippen LogP contribution is -2.51. The van der Waals surface area contributed by atoms with Crippen LogP contribution in [0.15, 0.2) is 36.4 Å². The van der Waals surface area contributed by atoms with Gasteiger partial charge >= 0.3 is 6.09 Å². The van der Waals surface area contributed by atoms with Gasteiger partial charge in [0.05, 0.1) is 5.54 Å². The van der Waals surface area contributed by atoms with Crippen LogP contribution in [0.2, 0.25) is 0 Å². The van der Waals surface area contributed by atoms with Crippen molar-refractivity contribution in [3.8, 4) is 22.1 Å². The zero-order valence-corrected chi connectivity index (χ0v) is 28.7. The molecule has 1 amide bonds. The summed E-state index contributed by atoms with van der Waals surface area (Å²) in [5, 5.41) is 17.2. The van der Waals surface area contributed by atoms with Gasteiger partial charge in [-0.1, -0.05) is 13.0 Å². The van der Waals surface area contributed by atoms with Crippen molar-refractivity contribution in [1.29, 1.82) is 0 Å². The topological polar surface area (TPSA) is 90.4 Å². The van der Waals surface area contributed by atoms with Crippen molar-refractivity contribution in [3.63, 3.8) is 0 Å². The molecule has 254 valence electrons. The van der Waals surface area contributed by atoms with Crippen LogP contribution in [-0.2, 0) is 11.2 Å². The lowest BCUT2D eigenvalue weighted by atomic mass is 9.95. The van der Waals surface area contributed by atoms with Gasteiger partial charge in [-0.25, -0.2) is 9.18 Å². The second-order valence-electron chi connectivity index (χ2n) is 14.3. The number of piperazine rings is 1. The minimum Gasteiger partial charge on any atom is -0.508 e. The van der Waals surface area contributed by atoms with E-state index in [2.05, 4.69) is 27.2 Å². The van der Waals surface area contributed by atoms with Crippen LogP contribution < -0.4 is 15.0 Å². The summed E-state index contributed by atoms with van der Waals surface area (Å²) in [5.74, 6) is 1.48. The Balaban J connectivity index is 1.15. The SMILES string of the molecule is CCc1c(F)ccc2cc(O)cc(-c3cc4c(N5CC6CCC(C5)N6)nc(OC[C@]56CCCN5[C@@H](COC(=O)N(C)C)CC6)cc4s3)c12. The van der Waals surface area contributed by atoms with Gasteiger partial charge < -0.3 is 29.7 Å². The normalized spacial score (nSPS) is 25.2. The monoisotopic (exact) mass is 673 g/mol. The van der Waals surface area contributed by atoms with Crippen LogP contribution in [-0.4, -0.2) is 96.6 Å². The van der Waals surface area contributed by atoms with Crippen molar-refractivity contribution in [1.82, 2.24) is 20.1 Å². The van der Waals surface area contributed by atoms with E-state index in [1.54, 1.807) is 43.6 Å². The fourth-order valence-electron chi connectivity index (χ4n) is 8.75. The molecule has 6 heterocycles. The van der Waals surface area contributed by atoms with Crippen molar-refractivity contribution >= 4 is 44.1 Å². The van der Waals surface area contributed by atoms with Crippen molar-refractivity contribution in [2.24, 2.45) is 0 Å². The van der Waals surface area contributed by atoms with Crippen LogP contribution in [0.5, 0.6) is 11.6 Å². The molecule has 4 aliphatic rings. The van der Waals surface area contributed by atoms with Gasteiger partial charge in [0.2, 0.25) is 5.88 Å². The van der Waals surface area contributed by atoms with E-state index in [9.17, 15) is 9.90 Å². The number of fused-ring (bicyclic) bond motifs is 5. The molecule has 2 aromatic heterocycles. The number of phenols is 1. The molecule has 9 nitrogen and oxygen atoms in total. The van der Waals surface area contributed by atoms with Gasteiger partial charge in [0.15, 0.2) is 0 Å². The Kier molecular flexibility index (Phi) is 8.12. The summed E-state index contributed by atoms with van der Waals surface area (Å²) in [5.41, 5.74) is 1.40. The first kappa shape index (κ1) is 31.6. The Morgan fingerprint density at radius 2 is 1.96 bits per heavy atom. The third kappa shape index (κ3) is 5.53. The molecule has 0 spiro atoms. The van der Waals surface area contributed by atoms with Gasteiger partial charge in [-0.2, -0.15) is 4.98 Å². The molecule has 2 bridgehead atoms. The molecule has 11 heteroatoms. The highest BCUT2D eigenvalue weighted by Crippen LogP contribution is 2.46. The van der Waals surface area contributed by atoms with E-state index >= 15 is 4.39 Å². The highest BCUT2D eigenvalue weighted by molar-refractivity contribution is 7.22. The van der Waals surface area contributed by atoms with Crippen LogP contribution in [0.1, 0.15) is 51.0 Å². The van der Waals surface area contributed by atoms with Crippen molar-refractivity contribution in [3.05, 3.63) is 47.8 Å². The number of carbonyl (C=O) groups excluding carboxylic acids is 1. The molecule has 2 N–H and O–H groups in total. The van der Waals surface area contributed by atoms with Crippen LogP contribution in [0.3, 0.4) is 0 Å². The Morgan fingerprint density at radius 3 is 2.73 bits per heavy atom. The van der Waals surface area contributed by atoms with Crippen molar-refractivity contribution < 1.29 is 23.8 Å². The number of nitrogens with zero attached hydrogens (tertiary/aromatic N) is 4. The van der Waals surface area contributed by atoms with Gasteiger partial charge in [-0.15, -0.1) is 11.3 Å². The quantitative estimate of drug-likeness (QED) is 0.218. The van der Waals surface area contributed by atoms with Crippen LogP contribution >= 0.6 is 11.3 Å². The number of hydrogen-bond donors (Lipinski definition) is 2. The minimum atomic E-state index is -0.306. The van der Waals surface area contributed by atoms with Gasteiger partial charge in [0.25, 0.3) is 0 Å². The molecule has 48 heavy (non-hydrogen) atoms. The number of aromatic nitrogens is 1. The Labute approximate surface area is 284 Å². The molecule has 4 saturated heterocycles. The zero-order chi connectivity index (χ0) is 33.2. The van der Waals surface area contributed by atoms with Crippen LogP contribution in [0.4, 0.5) is 15.0 Å². The molecular weight excluding hydrogens is 630 g/mol. The molecule has 0 saturated carbocycles. The number of rotatable bonds is 8. The second kappa shape index (κ2) is 12.3. The maximum absolute atomic E-state index is 15.1. The number of halogens is 1. The number of nitrogens with one attached hydrogen (secondary N) is 1. The fraction of sp³-hybridized carbons (Fsp3) is 0.514. The van der Waals surface area contributed by atoms with E-state index in [0.29, 0.717) is 43.2 Å². The van der Waals surface area contributed by atoms with Gasteiger partial charge in [-0.05, 0) is 92.1 Å². The standard InChI is InChI=1S/C37H44FN5O4S/c1-4-27-30(38)9-6-22-14-26(44)15-28(34(22)27)31-16-29-32(48-31)17-33(40-35(29)42-18-23-7-8-24(19-42)39-23)47-21-37-11-5-13-43(37)25(10-12-37)20-46-36(45)41(2)3/h6,9,14-17,23-25,39,44H,4-5,7-8,10-13,18-21H2,1-3H3/t23?,24?,25-,37-/m1/s1. The summed E-state index contributed by atoms with van der Waals surface area (Å²) in [6.07, 6.45) is 6.69. The van der Waals surface area contributed by atoms with Gasteiger partial charge in [0.1, 0.15) is 30.6 Å². The first-order chi connectivity index (χ1) is 23.2. The lowest BCUT2D eigenvalue weighted by molar-refractivity contribution is 0.0494. The first-order valence-electron chi connectivity index (χ1n) is 17.3. The fourth-order valence-corrected chi connectivity index (χ4v) is 9.85. The predicted molar refractivity (Wildman–Crippen MR) is 188 cm³/mol. The van der Waals surface area contributed by atoms with E-state index in [1.807, 2.05) is 6.92 Å². The van der Waals surface area contributed by atoms with Gasteiger partial charge in [-0.3, -0.25) is 4.90 Å². The Hall–Kier alpha value is -3.67. The lowest BCUT2D eigenvalue weighted by Gasteiger charge is -2.35. The number of anilines is 1.